The fraction of sp³-hybridized carbons (Fsp3) is 0.519. The highest BCUT2D eigenvalue weighted by Crippen LogP contribution is 2.48. The first kappa shape index (κ1) is 19.4. The third kappa shape index (κ3) is 4.40. The van der Waals surface area contributed by atoms with Crippen molar-refractivity contribution in [2.45, 2.75) is 78.1 Å². The van der Waals surface area contributed by atoms with Gasteiger partial charge in [0.15, 0.2) is 0 Å². The summed E-state index contributed by atoms with van der Waals surface area (Å²) < 4.78 is 0. The Balaban J connectivity index is 1.49. The van der Waals surface area contributed by atoms with E-state index in [0.717, 1.165) is 12.8 Å². The van der Waals surface area contributed by atoms with Crippen LogP contribution in [-0.2, 0) is 4.79 Å². The molecule has 4 rings (SSSR count). The second kappa shape index (κ2) is 7.85. The van der Waals surface area contributed by atoms with E-state index in [4.69, 9.17) is 0 Å². The smallest absolute Gasteiger partial charge is 0.134 e. The molecule has 0 unspecified atom stereocenters. The van der Waals surface area contributed by atoms with E-state index in [1.54, 1.807) is 0 Å². The van der Waals surface area contributed by atoms with Crippen LogP contribution in [-0.4, -0.2) is 5.78 Å². The molecule has 2 aromatic rings. The van der Waals surface area contributed by atoms with Gasteiger partial charge in [-0.15, -0.1) is 0 Å². The van der Waals surface area contributed by atoms with Gasteiger partial charge in [-0.1, -0.05) is 36.4 Å². The van der Waals surface area contributed by atoms with Crippen LogP contribution >= 0.6 is 0 Å². The predicted molar refractivity (Wildman–Crippen MR) is 117 cm³/mol. The maximum absolute atomic E-state index is 13.2. The third-order valence-corrected chi connectivity index (χ3v) is 7.20. The van der Waals surface area contributed by atoms with Gasteiger partial charge in [-0.2, -0.15) is 0 Å². The average molecular weight is 375 g/mol. The Hall–Kier alpha value is -1.89. The van der Waals surface area contributed by atoms with Gasteiger partial charge in [0, 0.05) is 12.8 Å². The SMILES string of the molecule is Cc1ccc([C@@H](CC(=O)C[C@H](c2ccc(C)c(C)c2)C2CC2)C2CC2)cc1C. The molecule has 0 amide bonds. The van der Waals surface area contributed by atoms with E-state index in [9.17, 15) is 4.79 Å². The van der Waals surface area contributed by atoms with Crippen molar-refractivity contribution in [1.82, 2.24) is 0 Å². The Morgan fingerprint density at radius 1 is 0.714 bits per heavy atom. The average Bonchev–Trinajstić information content (AvgIpc) is 3.55. The van der Waals surface area contributed by atoms with E-state index in [1.807, 2.05) is 0 Å². The number of Topliss-reactive ketones (excluding diaryl/α,β-unsaturated/α-hetero) is 1. The van der Waals surface area contributed by atoms with Gasteiger partial charge < -0.3 is 0 Å². The van der Waals surface area contributed by atoms with Gasteiger partial charge >= 0.3 is 0 Å². The number of carbonyl (C=O) groups excluding carboxylic acids is 1. The van der Waals surface area contributed by atoms with Gasteiger partial charge in [0.25, 0.3) is 0 Å². The summed E-state index contributed by atoms with van der Waals surface area (Å²) in [5, 5.41) is 0. The largest absolute Gasteiger partial charge is 0.300 e. The van der Waals surface area contributed by atoms with E-state index in [0.29, 0.717) is 29.5 Å². The highest BCUT2D eigenvalue weighted by atomic mass is 16.1. The first-order chi connectivity index (χ1) is 13.4. The zero-order valence-corrected chi connectivity index (χ0v) is 17.9. The number of rotatable bonds is 8. The molecule has 1 nitrogen and oxygen atoms in total. The van der Waals surface area contributed by atoms with Crippen LogP contribution in [0.2, 0.25) is 0 Å². The van der Waals surface area contributed by atoms with E-state index < -0.39 is 0 Å². The van der Waals surface area contributed by atoms with E-state index in [2.05, 4.69) is 64.1 Å². The summed E-state index contributed by atoms with van der Waals surface area (Å²) in [4.78, 5) is 13.2. The van der Waals surface area contributed by atoms with Gasteiger partial charge in [-0.25, -0.2) is 0 Å². The lowest BCUT2D eigenvalue weighted by molar-refractivity contribution is -0.120. The number of hydrogen-bond acceptors (Lipinski definition) is 1. The highest BCUT2D eigenvalue weighted by molar-refractivity contribution is 5.80. The number of carbonyl (C=O) groups is 1. The van der Waals surface area contributed by atoms with Crippen LogP contribution in [0.15, 0.2) is 36.4 Å². The molecule has 2 saturated carbocycles. The van der Waals surface area contributed by atoms with E-state index in [-0.39, 0.29) is 0 Å². The lowest BCUT2D eigenvalue weighted by atomic mass is 9.83. The second-order valence-electron chi connectivity index (χ2n) is 9.52. The normalized spacial score (nSPS) is 18.7. The summed E-state index contributed by atoms with van der Waals surface area (Å²) in [6, 6.07) is 13.6. The molecule has 2 atom stereocenters. The van der Waals surface area contributed by atoms with Crippen molar-refractivity contribution in [3.05, 3.63) is 69.8 Å². The number of hydrogen-bond donors (Lipinski definition) is 0. The van der Waals surface area contributed by atoms with Crippen LogP contribution in [0.4, 0.5) is 0 Å². The number of aryl methyl sites for hydroxylation is 4. The van der Waals surface area contributed by atoms with Crippen LogP contribution in [0.1, 0.15) is 83.7 Å². The Morgan fingerprint density at radius 2 is 1.11 bits per heavy atom. The number of benzene rings is 2. The second-order valence-corrected chi connectivity index (χ2v) is 9.52. The summed E-state index contributed by atoms with van der Waals surface area (Å²) >= 11 is 0. The van der Waals surface area contributed by atoms with Crippen LogP contribution in [0.25, 0.3) is 0 Å². The molecule has 2 aliphatic rings. The van der Waals surface area contributed by atoms with E-state index >= 15 is 0 Å². The quantitative estimate of drug-likeness (QED) is 0.488. The lowest BCUT2D eigenvalue weighted by Crippen LogP contribution is -2.14. The molecule has 2 aromatic carbocycles. The van der Waals surface area contributed by atoms with E-state index in [1.165, 1.54) is 59.1 Å². The molecule has 0 N–H and O–H groups in total. The Bertz CT molecular complexity index is 798. The Morgan fingerprint density at radius 3 is 1.43 bits per heavy atom. The molecule has 2 aliphatic carbocycles. The fourth-order valence-electron chi connectivity index (χ4n) is 4.67. The van der Waals surface area contributed by atoms with Crippen molar-refractivity contribution >= 4 is 5.78 Å². The minimum Gasteiger partial charge on any atom is -0.300 e. The zero-order valence-electron chi connectivity index (χ0n) is 17.9. The molecule has 0 aromatic heterocycles. The molecule has 1 heteroatoms. The first-order valence-corrected chi connectivity index (χ1v) is 11.1. The first-order valence-electron chi connectivity index (χ1n) is 11.1. The maximum atomic E-state index is 13.2. The highest BCUT2D eigenvalue weighted by Gasteiger charge is 2.37. The molecule has 0 bridgehead atoms. The Kier molecular flexibility index (Phi) is 5.45. The molecule has 28 heavy (non-hydrogen) atoms. The van der Waals surface area contributed by atoms with Crippen LogP contribution in [0.5, 0.6) is 0 Å². The van der Waals surface area contributed by atoms with Crippen LogP contribution in [0, 0.1) is 39.5 Å². The molecule has 2 fully saturated rings. The predicted octanol–water partition coefficient (Wildman–Crippen LogP) is 6.96. The summed E-state index contributed by atoms with van der Waals surface area (Å²) in [6.07, 6.45) is 6.59. The van der Waals surface area contributed by atoms with Crippen molar-refractivity contribution in [1.29, 1.82) is 0 Å². The molecule has 0 spiro atoms. The minimum atomic E-state index is 0.423. The van der Waals surface area contributed by atoms with Gasteiger partial charge in [0.1, 0.15) is 5.78 Å². The molecular formula is C27H34O. The van der Waals surface area contributed by atoms with Gasteiger partial charge in [-0.3, -0.25) is 4.79 Å². The summed E-state index contributed by atoms with van der Waals surface area (Å²) in [6.45, 7) is 8.71. The van der Waals surface area contributed by atoms with Gasteiger partial charge in [-0.05, 0) is 110 Å². The third-order valence-electron chi connectivity index (χ3n) is 7.20. The molecule has 0 heterocycles. The topological polar surface area (TPSA) is 17.1 Å². The molecular weight excluding hydrogens is 340 g/mol. The Labute approximate surface area is 170 Å². The standard InChI is InChI=1S/C27H34O/c1-17-5-7-23(13-19(17)3)26(21-9-10-21)15-25(28)16-27(22-11-12-22)24-8-6-18(2)20(4)14-24/h5-8,13-14,21-22,26-27H,9-12,15-16H2,1-4H3/t26-,27-/m0/s1. The van der Waals surface area contributed by atoms with Crippen molar-refractivity contribution < 1.29 is 4.79 Å². The monoisotopic (exact) mass is 374 g/mol. The van der Waals surface area contributed by atoms with Crippen molar-refractivity contribution in [3.63, 3.8) is 0 Å². The van der Waals surface area contributed by atoms with Crippen molar-refractivity contribution in [2.24, 2.45) is 11.8 Å². The van der Waals surface area contributed by atoms with Gasteiger partial charge in [0.2, 0.25) is 0 Å². The van der Waals surface area contributed by atoms with Crippen LogP contribution < -0.4 is 0 Å². The summed E-state index contributed by atoms with van der Waals surface area (Å²) in [5.41, 5.74) is 8.14. The van der Waals surface area contributed by atoms with Crippen LogP contribution in [0.3, 0.4) is 0 Å². The number of ketones is 1. The van der Waals surface area contributed by atoms with Crippen molar-refractivity contribution in [2.75, 3.05) is 0 Å². The zero-order chi connectivity index (χ0) is 19.8. The summed E-state index contributed by atoms with van der Waals surface area (Å²) in [7, 11) is 0. The van der Waals surface area contributed by atoms with Crippen molar-refractivity contribution in [3.8, 4) is 0 Å². The lowest BCUT2D eigenvalue weighted by Gasteiger charge is -2.21. The summed E-state index contributed by atoms with van der Waals surface area (Å²) in [5.74, 6) is 2.74. The molecule has 0 aliphatic heterocycles. The molecule has 0 saturated heterocycles. The maximum Gasteiger partial charge on any atom is 0.134 e. The molecule has 148 valence electrons. The minimum absolute atomic E-state index is 0.423. The fourth-order valence-corrected chi connectivity index (χ4v) is 4.67. The van der Waals surface area contributed by atoms with Gasteiger partial charge in [0.05, 0.1) is 0 Å². The molecule has 0 radical (unpaired) electrons.